The zero-order valence-electron chi connectivity index (χ0n) is 18.3. The van der Waals surface area contributed by atoms with E-state index in [-0.39, 0.29) is 36.7 Å². The summed E-state index contributed by atoms with van der Waals surface area (Å²) in [7, 11) is -1.75. The molecule has 1 N–H and O–H groups in total. The van der Waals surface area contributed by atoms with Crippen LogP contribution in [-0.4, -0.2) is 94.5 Å². The van der Waals surface area contributed by atoms with Crippen molar-refractivity contribution >= 4 is 27.5 Å². The number of carbonyl (C=O) groups is 2. The summed E-state index contributed by atoms with van der Waals surface area (Å²) in [5.41, 5.74) is 0.597. The van der Waals surface area contributed by atoms with Crippen molar-refractivity contribution in [3.63, 3.8) is 0 Å². The maximum atomic E-state index is 13.2. The lowest BCUT2D eigenvalue weighted by Crippen LogP contribution is -2.54. The number of hydrogen-bond acceptors (Lipinski definition) is 7. The van der Waals surface area contributed by atoms with Crippen LogP contribution in [0.2, 0.25) is 0 Å². The Bertz CT molecular complexity index is 978. The van der Waals surface area contributed by atoms with Gasteiger partial charge in [-0.1, -0.05) is 0 Å². The summed E-state index contributed by atoms with van der Waals surface area (Å²) in [5, 5.41) is 0. The highest BCUT2D eigenvalue weighted by atomic mass is 32.2. The number of morpholine rings is 1. The maximum Gasteiger partial charge on any atom is 0.257 e. The van der Waals surface area contributed by atoms with Crippen molar-refractivity contribution in [3.05, 3.63) is 23.8 Å². The summed E-state index contributed by atoms with van der Waals surface area (Å²) in [6.07, 6.45) is 2.13. The number of sulfonamides is 1. The summed E-state index contributed by atoms with van der Waals surface area (Å²) < 4.78 is 42.9. The van der Waals surface area contributed by atoms with E-state index >= 15 is 0 Å². The fraction of sp³-hybridized carbons (Fsp3) is 0.619. The Morgan fingerprint density at radius 1 is 1.22 bits per heavy atom. The maximum absolute atomic E-state index is 13.2. The molecule has 3 aliphatic rings. The van der Waals surface area contributed by atoms with Gasteiger partial charge >= 0.3 is 0 Å². The number of rotatable bonds is 4. The minimum atomic E-state index is -3.47. The van der Waals surface area contributed by atoms with Gasteiger partial charge in [-0.15, -0.1) is 0 Å². The Morgan fingerprint density at radius 2 is 1.97 bits per heavy atom. The molecule has 0 bridgehead atoms. The molecule has 2 amide bonds. The molecule has 1 aromatic rings. The van der Waals surface area contributed by atoms with Gasteiger partial charge in [-0.3, -0.25) is 14.3 Å². The highest BCUT2D eigenvalue weighted by Gasteiger charge is 2.39. The largest absolute Gasteiger partial charge is 0.490 e. The first-order valence-corrected chi connectivity index (χ1v) is 12.6. The standard InChI is InChI=1S/C21H29N3O7S/c1-23-17-5-4-15(12-20(25)24-7-9-29-10-8-24)31-19(17)13-30-18-6-3-14(22-32(2,27)28)11-16(18)21(23)26/h3,6,11,15,17,19,22H,4-5,7-10,12-13H2,1-2H3/t15-,17-,19+/m1/s1. The quantitative estimate of drug-likeness (QED) is 0.693. The van der Waals surface area contributed by atoms with Crippen LogP contribution in [0.4, 0.5) is 5.69 Å². The number of hydrogen-bond donors (Lipinski definition) is 1. The number of benzene rings is 1. The van der Waals surface area contributed by atoms with Crippen LogP contribution in [0.25, 0.3) is 0 Å². The monoisotopic (exact) mass is 467 g/mol. The third-order valence-corrected chi connectivity index (χ3v) is 6.69. The van der Waals surface area contributed by atoms with Crippen LogP contribution in [0, 0.1) is 0 Å². The Kier molecular flexibility index (Phi) is 6.59. The number of fused-ring (bicyclic) bond motifs is 2. The van der Waals surface area contributed by atoms with Crippen molar-refractivity contribution in [2.24, 2.45) is 0 Å². The Morgan fingerprint density at radius 3 is 2.69 bits per heavy atom. The lowest BCUT2D eigenvalue weighted by atomic mass is 9.94. The van der Waals surface area contributed by atoms with Gasteiger partial charge in [0.05, 0.1) is 43.6 Å². The third-order valence-electron chi connectivity index (χ3n) is 6.08. The molecule has 3 atom stereocenters. The first kappa shape index (κ1) is 22.8. The van der Waals surface area contributed by atoms with E-state index in [2.05, 4.69) is 4.72 Å². The van der Waals surface area contributed by atoms with Gasteiger partial charge in [-0.2, -0.15) is 0 Å². The van der Waals surface area contributed by atoms with Gasteiger partial charge in [0, 0.05) is 25.8 Å². The van der Waals surface area contributed by atoms with Gasteiger partial charge in [-0.05, 0) is 31.0 Å². The van der Waals surface area contributed by atoms with E-state index in [9.17, 15) is 18.0 Å². The minimum Gasteiger partial charge on any atom is -0.490 e. The molecule has 2 saturated heterocycles. The van der Waals surface area contributed by atoms with Gasteiger partial charge in [0.15, 0.2) is 0 Å². The smallest absolute Gasteiger partial charge is 0.257 e. The molecule has 0 saturated carbocycles. The molecule has 3 aliphatic heterocycles. The molecular formula is C21H29N3O7S. The van der Waals surface area contributed by atoms with Crippen LogP contribution < -0.4 is 9.46 Å². The van der Waals surface area contributed by atoms with Crippen LogP contribution >= 0.6 is 0 Å². The summed E-state index contributed by atoms with van der Waals surface area (Å²) in [5.74, 6) is 0.164. The predicted octanol–water partition coefficient (Wildman–Crippen LogP) is 0.688. The normalized spacial score (nSPS) is 26.3. The topological polar surface area (TPSA) is 114 Å². The zero-order chi connectivity index (χ0) is 22.9. The number of nitrogens with zero attached hydrogens (tertiary/aromatic N) is 2. The van der Waals surface area contributed by atoms with Gasteiger partial charge in [0.2, 0.25) is 15.9 Å². The average molecular weight is 468 g/mol. The number of anilines is 1. The first-order valence-electron chi connectivity index (χ1n) is 10.7. The van der Waals surface area contributed by atoms with Gasteiger partial charge in [0.1, 0.15) is 18.5 Å². The molecule has 2 fully saturated rings. The molecule has 0 aliphatic carbocycles. The van der Waals surface area contributed by atoms with E-state index in [1.54, 1.807) is 24.1 Å². The van der Waals surface area contributed by atoms with Crippen molar-refractivity contribution in [2.45, 2.75) is 37.5 Å². The summed E-state index contributed by atoms with van der Waals surface area (Å²) in [6.45, 7) is 2.55. The van der Waals surface area contributed by atoms with E-state index in [1.165, 1.54) is 6.07 Å². The van der Waals surface area contributed by atoms with Crippen molar-refractivity contribution in [2.75, 3.05) is 50.9 Å². The molecule has 0 radical (unpaired) electrons. The zero-order valence-corrected chi connectivity index (χ0v) is 19.1. The second-order valence-electron chi connectivity index (χ2n) is 8.45. The van der Waals surface area contributed by atoms with E-state index in [4.69, 9.17) is 14.2 Å². The lowest BCUT2D eigenvalue weighted by molar-refractivity contribution is -0.146. The second kappa shape index (κ2) is 9.24. The van der Waals surface area contributed by atoms with Gasteiger partial charge < -0.3 is 24.0 Å². The van der Waals surface area contributed by atoms with E-state index in [1.807, 2.05) is 4.90 Å². The van der Waals surface area contributed by atoms with Gasteiger partial charge in [-0.25, -0.2) is 8.42 Å². The number of carbonyl (C=O) groups excluding carboxylic acids is 2. The first-order chi connectivity index (χ1) is 15.2. The number of likely N-dealkylation sites (N-methyl/N-ethyl adjacent to an activating group) is 1. The van der Waals surface area contributed by atoms with Crippen molar-refractivity contribution in [3.8, 4) is 5.75 Å². The molecule has 0 aromatic heterocycles. The molecule has 0 spiro atoms. The Hall–Kier alpha value is -2.37. The Balaban J connectivity index is 1.46. The minimum absolute atomic E-state index is 0.0594. The van der Waals surface area contributed by atoms with Crippen LogP contribution in [0.5, 0.6) is 5.75 Å². The molecule has 10 nitrogen and oxygen atoms in total. The molecule has 3 heterocycles. The Labute approximate surface area is 187 Å². The highest BCUT2D eigenvalue weighted by molar-refractivity contribution is 7.92. The SMILES string of the molecule is CN1C(=O)c2cc(NS(C)(=O)=O)ccc2OC[C@@H]2O[C@@H](CC(=O)N3CCOCC3)CC[C@H]21. The van der Waals surface area contributed by atoms with Crippen molar-refractivity contribution in [1.82, 2.24) is 9.80 Å². The van der Waals surface area contributed by atoms with E-state index < -0.39 is 10.0 Å². The molecular weight excluding hydrogens is 438 g/mol. The molecule has 11 heteroatoms. The number of ether oxygens (including phenoxy) is 3. The molecule has 4 rings (SSSR count). The predicted molar refractivity (Wildman–Crippen MR) is 116 cm³/mol. The molecule has 32 heavy (non-hydrogen) atoms. The van der Waals surface area contributed by atoms with Crippen molar-refractivity contribution < 1.29 is 32.2 Å². The van der Waals surface area contributed by atoms with Crippen LogP contribution in [-0.2, 0) is 24.3 Å². The summed E-state index contributed by atoms with van der Waals surface area (Å²) >= 11 is 0. The van der Waals surface area contributed by atoms with Crippen LogP contribution in [0.3, 0.4) is 0 Å². The third kappa shape index (κ3) is 5.16. The highest BCUT2D eigenvalue weighted by Crippen LogP contribution is 2.32. The molecule has 0 unspecified atom stereocenters. The van der Waals surface area contributed by atoms with E-state index in [0.717, 1.165) is 6.26 Å². The second-order valence-corrected chi connectivity index (χ2v) is 10.2. The number of nitrogens with one attached hydrogen (secondary N) is 1. The summed E-state index contributed by atoms with van der Waals surface area (Å²) in [4.78, 5) is 29.2. The lowest BCUT2D eigenvalue weighted by Gasteiger charge is -2.42. The fourth-order valence-electron chi connectivity index (χ4n) is 4.44. The van der Waals surface area contributed by atoms with Gasteiger partial charge in [0.25, 0.3) is 5.91 Å². The van der Waals surface area contributed by atoms with E-state index in [0.29, 0.717) is 62.6 Å². The fourth-order valence-corrected chi connectivity index (χ4v) is 5.00. The summed E-state index contributed by atoms with van der Waals surface area (Å²) in [6, 6.07) is 4.43. The molecule has 176 valence electrons. The van der Waals surface area contributed by atoms with Crippen LogP contribution in [0.1, 0.15) is 29.6 Å². The van der Waals surface area contributed by atoms with Crippen LogP contribution in [0.15, 0.2) is 18.2 Å². The molecule has 1 aromatic carbocycles. The average Bonchev–Trinajstić information content (AvgIpc) is 2.76. The van der Waals surface area contributed by atoms with Crippen molar-refractivity contribution in [1.29, 1.82) is 0 Å². The number of amides is 2.